The van der Waals surface area contributed by atoms with Crippen molar-refractivity contribution < 1.29 is 0 Å². The van der Waals surface area contributed by atoms with E-state index < -0.39 is 0 Å². The fourth-order valence-corrected chi connectivity index (χ4v) is 4.45. The van der Waals surface area contributed by atoms with Crippen molar-refractivity contribution >= 4 is 22.7 Å². The molecule has 0 fully saturated rings. The van der Waals surface area contributed by atoms with Crippen molar-refractivity contribution in [1.82, 2.24) is 5.32 Å². The third-order valence-electron chi connectivity index (χ3n) is 3.18. The van der Waals surface area contributed by atoms with Crippen LogP contribution in [0.2, 0.25) is 0 Å². The van der Waals surface area contributed by atoms with E-state index in [2.05, 4.69) is 36.7 Å². The number of thiophene rings is 2. The Kier molecular flexibility index (Phi) is 2.62. The van der Waals surface area contributed by atoms with Gasteiger partial charge in [-0.2, -0.15) is 0 Å². The molecule has 1 aliphatic rings. The minimum Gasteiger partial charge on any atom is -0.305 e. The van der Waals surface area contributed by atoms with E-state index in [9.17, 15) is 0 Å². The molecule has 84 valence electrons. The summed E-state index contributed by atoms with van der Waals surface area (Å²) in [5.41, 5.74) is 3.02. The summed E-state index contributed by atoms with van der Waals surface area (Å²) >= 11 is 3.79. The maximum absolute atomic E-state index is 3.65. The van der Waals surface area contributed by atoms with Gasteiger partial charge in [-0.25, -0.2) is 0 Å². The van der Waals surface area contributed by atoms with Gasteiger partial charge in [-0.15, -0.1) is 22.7 Å². The lowest BCUT2D eigenvalue weighted by Crippen LogP contribution is -2.29. The van der Waals surface area contributed by atoms with E-state index in [4.69, 9.17) is 0 Å². The molecule has 0 aliphatic carbocycles. The van der Waals surface area contributed by atoms with Gasteiger partial charge in [-0.3, -0.25) is 0 Å². The molecule has 2 aromatic heterocycles. The lowest BCUT2D eigenvalue weighted by molar-refractivity contribution is 0.578. The van der Waals surface area contributed by atoms with Gasteiger partial charge >= 0.3 is 0 Å². The van der Waals surface area contributed by atoms with Crippen LogP contribution in [-0.4, -0.2) is 6.54 Å². The van der Waals surface area contributed by atoms with E-state index in [0.29, 0.717) is 6.04 Å². The van der Waals surface area contributed by atoms with E-state index in [0.717, 1.165) is 6.54 Å². The number of fused-ring (bicyclic) bond motifs is 1. The summed E-state index contributed by atoms with van der Waals surface area (Å²) in [5.74, 6) is 0. The predicted octanol–water partition coefficient (Wildman–Crippen LogP) is 3.66. The zero-order chi connectivity index (χ0) is 11.1. The second-order valence-electron chi connectivity index (χ2n) is 4.32. The molecule has 1 unspecified atom stereocenters. The quantitative estimate of drug-likeness (QED) is 0.813. The average Bonchev–Trinajstić information content (AvgIpc) is 2.84. The molecule has 1 atom stereocenters. The molecule has 16 heavy (non-hydrogen) atoms. The van der Waals surface area contributed by atoms with Crippen LogP contribution >= 0.6 is 22.7 Å². The number of hydrogen-bond donors (Lipinski definition) is 1. The van der Waals surface area contributed by atoms with E-state index in [1.807, 2.05) is 22.7 Å². The Morgan fingerprint density at radius 1 is 1.38 bits per heavy atom. The Hall–Kier alpha value is -0.640. The lowest BCUT2D eigenvalue weighted by atomic mass is 9.98. The van der Waals surface area contributed by atoms with Gasteiger partial charge in [-0.05, 0) is 48.9 Å². The van der Waals surface area contributed by atoms with Gasteiger partial charge in [0.05, 0.1) is 6.04 Å². The molecule has 0 amide bonds. The van der Waals surface area contributed by atoms with Crippen molar-refractivity contribution in [3.8, 4) is 0 Å². The molecule has 3 rings (SSSR count). The van der Waals surface area contributed by atoms with Crippen molar-refractivity contribution in [1.29, 1.82) is 0 Å². The Morgan fingerprint density at radius 3 is 3.00 bits per heavy atom. The molecule has 0 saturated carbocycles. The van der Waals surface area contributed by atoms with Gasteiger partial charge in [0.2, 0.25) is 0 Å². The van der Waals surface area contributed by atoms with E-state index >= 15 is 0 Å². The first-order chi connectivity index (χ1) is 7.75. The first-order valence-electron chi connectivity index (χ1n) is 5.62. The largest absolute Gasteiger partial charge is 0.305 e. The third-order valence-corrected chi connectivity index (χ3v) is 5.18. The highest BCUT2D eigenvalue weighted by Crippen LogP contribution is 2.36. The molecule has 2 aromatic rings. The van der Waals surface area contributed by atoms with Gasteiger partial charge in [0.1, 0.15) is 0 Å². The van der Waals surface area contributed by atoms with Crippen LogP contribution in [0.25, 0.3) is 0 Å². The molecule has 3 heteroatoms. The van der Waals surface area contributed by atoms with Crippen LogP contribution < -0.4 is 5.32 Å². The van der Waals surface area contributed by atoms with Crippen LogP contribution in [0.3, 0.4) is 0 Å². The molecule has 0 aromatic carbocycles. The van der Waals surface area contributed by atoms with Crippen molar-refractivity contribution in [3.63, 3.8) is 0 Å². The Bertz CT molecular complexity index is 510. The van der Waals surface area contributed by atoms with Crippen molar-refractivity contribution in [3.05, 3.63) is 43.3 Å². The second-order valence-corrected chi connectivity index (χ2v) is 6.72. The van der Waals surface area contributed by atoms with Crippen molar-refractivity contribution in [2.24, 2.45) is 0 Å². The smallest absolute Gasteiger partial charge is 0.0684 e. The van der Waals surface area contributed by atoms with Crippen LogP contribution in [-0.2, 0) is 6.42 Å². The fourth-order valence-electron chi connectivity index (χ4n) is 2.44. The highest BCUT2D eigenvalue weighted by molar-refractivity contribution is 7.12. The molecular formula is C13H15NS2. The van der Waals surface area contributed by atoms with Crippen LogP contribution in [0.4, 0.5) is 0 Å². The van der Waals surface area contributed by atoms with E-state index in [-0.39, 0.29) is 0 Å². The van der Waals surface area contributed by atoms with E-state index in [1.54, 1.807) is 0 Å². The standard InChI is InChI=1S/C13H15NS2/c1-8-7-11(9(2)16-8)12-13-10(3-5-14-12)4-6-15-13/h4,6-7,12,14H,3,5H2,1-2H3. The number of hydrogen-bond acceptors (Lipinski definition) is 3. The normalized spacial score (nSPS) is 19.8. The molecule has 0 saturated heterocycles. The summed E-state index contributed by atoms with van der Waals surface area (Å²) in [7, 11) is 0. The second kappa shape index (κ2) is 3.99. The molecule has 1 aliphatic heterocycles. The molecular weight excluding hydrogens is 234 g/mol. The Labute approximate surface area is 104 Å². The van der Waals surface area contributed by atoms with Crippen molar-refractivity contribution in [2.45, 2.75) is 26.3 Å². The maximum Gasteiger partial charge on any atom is 0.0684 e. The average molecular weight is 249 g/mol. The van der Waals surface area contributed by atoms with Gasteiger partial charge in [0, 0.05) is 21.2 Å². The van der Waals surface area contributed by atoms with Gasteiger partial charge in [0.25, 0.3) is 0 Å². The predicted molar refractivity (Wildman–Crippen MR) is 71.7 cm³/mol. The summed E-state index contributed by atoms with van der Waals surface area (Å²) in [6.07, 6.45) is 1.18. The monoisotopic (exact) mass is 249 g/mol. The maximum atomic E-state index is 3.65. The fraction of sp³-hybridized carbons (Fsp3) is 0.385. The molecule has 0 radical (unpaired) electrons. The first-order valence-corrected chi connectivity index (χ1v) is 7.32. The minimum absolute atomic E-state index is 0.439. The van der Waals surface area contributed by atoms with Crippen LogP contribution in [0.5, 0.6) is 0 Å². The number of aryl methyl sites for hydroxylation is 2. The Morgan fingerprint density at radius 2 is 2.25 bits per heavy atom. The number of nitrogens with one attached hydrogen (secondary N) is 1. The van der Waals surface area contributed by atoms with Gasteiger partial charge < -0.3 is 5.32 Å². The highest BCUT2D eigenvalue weighted by Gasteiger charge is 2.24. The zero-order valence-corrected chi connectivity index (χ0v) is 11.2. The molecule has 0 spiro atoms. The molecule has 3 heterocycles. The van der Waals surface area contributed by atoms with Crippen LogP contribution in [0, 0.1) is 13.8 Å². The van der Waals surface area contributed by atoms with Gasteiger partial charge in [-0.1, -0.05) is 0 Å². The number of rotatable bonds is 1. The van der Waals surface area contributed by atoms with Crippen molar-refractivity contribution in [2.75, 3.05) is 6.54 Å². The van der Waals surface area contributed by atoms with E-state index in [1.165, 1.54) is 32.2 Å². The summed E-state index contributed by atoms with van der Waals surface area (Å²) in [4.78, 5) is 4.39. The summed E-state index contributed by atoms with van der Waals surface area (Å²) in [5, 5.41) is 5.87. The van der Waals surface area contributed by atoms with Crippen LogP contribution in [0.1, 0.15) is 31.8 Å². The summed E-state index contributed by atoms with van der Waals surface area (Å²) in [6.45, 7) is 5.53. The SMILES string of the molecule is Cc1cc(C2NCCc3ccsc32)c(C)s1. The summed E-state index contributed by atoms with van der Waals surface area (Å²) < 4.78 is 0. The highest BCUT2D eigenvalue weighted by atomic mass is 32.1. The lowest BCUT2D eigenvalue weighted by Gasteiger charge is -2.24. The first kappa shape index (κ1) is 10.5. The van der Waals surface area contributed by atoms with Crippen LogP contribution in [0.15, 0.2) is 17.5 Å². The topological polar surface area (TPSA) is 12.0 Å². The Balaban J connectivity index is 2.07. The zero-order valence-electron chi connectivity index (χ0n) is 9.54. The molecule has 0 bridgehead atoms. The minimum atomic E-state index is 0.439. The molecule has 1 nitrogen and oxygen atoms in total. The molecule has 1 N–H and O–H groups in total. The summed E-state index contributed by atoms with van der Waals surface area (Å²) in [6, 6.07) is 5.06. The third kappa shape index (κ3) is 1.63. The van der Waals surface area contributed by atoms with Gasteiger partial charge in [0.15, 0.2) is 0 Å².